The van der Waals surface area contributed by atoms with E-state index in [1.54, 1.807) is 0 Å². The minimum absolute atomic E-state index is 0.304. The van der Waals surface area contributed by atoms with Crippen LogP contribution in [0, 0.1) is 0 Å². The molecule has 0 radical (unpaired) electrons. The van der Waals surface area contributed by atoms with Gasteiger partial charge in [0.05, 0.1) is 0 Å². The Morgan fingerprint density at radius 1 is 1.11 bits per heavy atom. The summed E-state index contributed by atoms with van der Waals surface area (Å²) in [6.07, 6.45) is 4.24. The zero-order chi connectivity index (χ0) is 13.2. The number of rotatable bonds is 9. The van der Waals surface area contributed by atoms with Crippen molar-refractivity contribution in [2.75, 3.05) is 19.7 Å². The van der Waals surface area contributed by atoms with E-state index >= 15 is 0 Å². The lowest BCUT2D eigenvalue weighted by molar-refractivity contribution is 0.284. The fourth-order valence-electron chi connectivity index (χ4n) is 1.97. The molecule has 1 rings (SSSR count). The molecule has 1 atom stereocenters. The van der Waals surface area contributed by atoms with Crippen LogP contribution in [0.4, 0.5) is 0 Å². The summed E-state index contributed by atoms with van der Waals surface area (Å²) in [4.78, 5) is 0. The molecule has 0 fully saturated rings. The first kappa shape index (κ1) is 15.2. The molecule has 2 heteroatoms. The summed E-state index contributed by atoms with van der Waals surface area (Å²) >= 11 is 0. The van der Waals surface area contributed by atoms with E-state index in [1.807, 2.05) is 0 Å². The van der Waals surface area contributed by atoms with Gasteiger partial charge in [0.25, 0.3) is 0 Å². The van der Waals surface area contributed by atoms with E-state index in [0.29, 0.717) is 12.5 Å². The predicted molar refractivity (Wildman–Crippen MR) is 78.0 cm³/mol. The lowest BCUT2D eigenvalue weighted by atomic mass is 9.97. The number of hydrogen-bond acceptors (Lipinski definition) is 2. The molecule has 0 bridgehead atoms. The van der Waals surface area contributed by atoms with Crippen LogP contribution in [0.2, 0.25) is 0 Å². The molecule has 102 valence electrons. The quantitative estimate of drug-likeness (QED) is 0.659. The molecule has 18 heavy (non-hydrogen) atoms. The van der Waals surface area contributed by atoms with Crippen molar-refractivity contribution in [3.63, 3.8) is 0 Å². The van der Waals surface area contributed by atoms with E-state index in [-0.39, 0.29) is 0 Å². The second kappa shape index (κ2) is 9.12. The highest BCUT2D eigenvalue weighted by Crippen LogP contribution is 2.18. The van der Waals surface area contributed by atoms with E-state index in [0.717, 1.165) is 32.4 Å². The summed E-state index contributed by atoms with van der Waals surface area (Å²) in [6, 6.07) is 9.01. The SMILES string of the molecule is CCC(C)c1ccc(CCNCCCCO)cc1. The van der Waals surface area contributed by atoms with Crippen LogP contribution in [-0.2, 0) is 6.42 Å². The first-order valence-electron chi connectivity index (χ1n) is 7.18. The van der Waals surface area contributed by atoms with Crippen LogP contribution in [0.25, 0.3) is 0 Å². The Morgan fingerprint density at radius 2 is 1.83 bits per heavy atom. The molecule has 0 heterocycles. The fourth-order valence-corrected chi connectivity index (χ4v) is 1.97. The third-order valence-electron chi connectivity index (χ3n) is 3.51. The van der Waals surface area contributed by atoms with Gasteiger partial charge in [0.2, 0.25) is 0 Å². The van der Waals surface area contributed by atoms with Crippen LogP contribution in [0.15, 0.2) is 24.3 Å². The molecule has 0 aliphatic heterocycles. The monoisotopic (exact) mass is 249 g/mol. The molecule has 0 saturated heterocycles. The molecular formula is C16H27NO. The Kier molecular flexibility index (Phi) is 7.70. The van der Waals surface area contributed by atoms with Gasteiger partial charge in [-0.25, -0.2) is 0 Å². The van der Waals surface area contributed by atoms with Crippen molar-refractivity contribution in [3.05, 3.63) is 35.4 Å². The maximum atomic E-state index is 8.66. The number of aliphatic hydroxyl groups excluding tert-OH is 1. The smallest absolute Gasteiger partial charge is 0.0431 e. The average molecular weight is 249 g/mol. The van der Waals surface area contributed by atoms with Gasteiger partial charge in [0, 0.05) is 6.61 Å². The zero-order valence-corrected chi connectivity index (χ0v) is 11.8. The molecule has 0 aliphatic carbocycles. The Bertz CT molecular complexity index is 307. The second-order valence-corrected chi connectivity index (χ2v) is 4.98. The standard InChI is InChI=1S/C16H27NO/c1-3-14(2)16-8-6-15(7-9-16)10-12-17-11-4-5-13-18/h6-9,14,17-18H,3-5,10-13H2,1-2H3. The number of unbranched alkanes of at least 4 members (excludes halogenated alkanes) is 1. The molecule has 0 saturated carbocycles. The molecule has 0 spiro atoms. The third kappa shape index (κ3) is 5.65. The molecular weight excluding hydrogens is 222 g/mol. The fraction of sp³-hybridized carbons (Fsp3) is 0.625. The number of nitrogens with one attached hydrogen (secondary N) is 1. The topological polar surface area (TPSA) is 32.3 Å². The minimum Gasteiger partial charge on any atom is -0.396 e. The normalized spacial score (nSPS) is 12.6. The maximum absolute atomic E-state index is 8.66. The van der Waals surface area contributed by atoms with Crippen LogP contribution in [0.3, 0.4) is 0 Å². The van der Waals surface area contributed by atoms with Gasteiger partial charge in [-0.05, 0) is 55.8 Å². The molecule has 1 unspecified atom stereocenters. The van der Waals surface area contributed by atoms with Gasteiger partial charge in [-0.15, -0.1) is 0 Å². The minimum atomic E-state index is 0.304. The number of aliphatic hydroxyl groups is 1. The van der Waals surface area contributed by atoms with E-state index in [4.69, 9.17) is 5.11 Å². The third-order valence-corrected chi connectivity index (χ3v) is 3.51. The molecule has 0 amide bonds. The predicted octanol–water partition coefficient (Wildman–Crippen LogP) is 3.10. The van der Waals surface area contributed by atoms with Gasteiger partial charge < -0.3 is 10.4 Å². The Labute approximate surface area is 111 Å². The van der Waals surface area contributed by atoms with Crippen LogP contribution >= 0.6 is 0 Å². The van der Waals surface area contributed by atoms with E-state index < -0.39 is 0 Å². The Morgan fingerprint density at radius 3 is 2.44 bits per heavy atom. The van der Waals surface area contributed by atoms with Crippen molar-refractivity contribution in [3.8, 4) is 0 Å². The van der Waals surface area contributed by atoms with E-state index in [9.17, 15) is 0 Å². The second-order valence-electron chi connectivity index (χ2n) is 4.98. The van der Waals surface area contributed by atoms with Crippen molar-refractivity contribution in [1.29, 1.82) is 0 Å². The highest BCUT2D eigenvalue weighted by atomic mass is 16.2. The summed E-state index contributed by atoms with van der Waals surface area (Å²) in [7, 11) is 0. The average Bonchev–Trinajstić information content (AvgIpc) is 2.42. The Balaban J connectivity index is 2.22. The van der Waals surface area contributed by atoms with Gasteiger partial charge >= 0.3 is 0 Å². The van der Waals surface area contributed by atoms with Crippen molar-refractivity contribution in [2.45, 2.75) is 45.4 Å². The molecule has 2 N–H and O–H groups in total. The first-order valence-corrected chi connectivity index (χ1v) is 7.18. The van der Waals surface area contributed by atoms with Crippen LogP contribution < -0.4 is 5.32 Å². The van der Waals surface area contributed by atoms with Crippen molar-refractivity contribution in [2.24, 2.45) is 0 Å². The molecule has 2 nitrogen and oxygen atoms in total. The van der Waals surface area contributed by atoms with Crippen LogP contribution in [-0.4, -0.2) is 24.8 Å². The molecule has 1 aromatic rings. The van der Waals surface area contributed by atoms with Gasteiger partial charge in [-0.3, -0.25) is 0 Å². The maximum Gasteiger partial charge on any atom is 0.0431 e. The van der Waals surface area contributed by atoms with Crippen molar-refractivity contribution >= 4 is 0 Å². The highest BCUT2D eigenvalue weighted by Gasteiger charge is 2.02. The molecule has 1 aromatic carbocycles. The summed E-state index contributed by atoms with van der Waals surface area (Å²) in [5.74, 6) is 0.663. The van der Waals surface area contributed by atoms with E-state index in [2.05, 4.69) is 43.4 Å². The Hall–Kier alpha value is -0.860. The zero-order valence-electron chi connectivity index (χ0n) is 11.8. The molecule has 0 aliphatic rings. The van der Waals surface area contributed by atoms with Gasteiger partial charge in [-0.1, -0.05) is 38.1 Å². The summed E-state index contributed by atoms with van der Waals surface area (Å²) in [5, 5.41) is 12.1. The molecule has 0 aromatic heterocycles. The van der Waals surface area contributed by atoms with Gasteiger partial charge in [-0.2, -0.15) is 0 Å². The lowest BCUT2D eigenvalue weighted by Gasteiger charge is -2.10. The van der Waals surface area contributed by atoms with E-state index in [1.165, 1.54) is 17.5 Å². The largest absolute Gasteiger partial charge is 0.396 e. The first-order chi connectivity index (χ1) is 8.77. The lowest BCUT2D eigenvalue weighted by Crippen LogP contribution is -2.18. The van der Waals surface area contributed by atoms with Gasteiger partial charge in [0.15, 0.2) is 0 Å². The van der Waals surface area contributed by atoms with Crippen LogP contribution in [0.5, 0.6) is 0 Å². The van der Waals surface area contributed by atoms with Crippen molar-refractivity contribution < 1.29 is 5.11 Å². The summed E-state index contributed by atoms with van der Waals surface area (Å²) in [5.41, 5.74) is 2.84. The number of hydrogen-bond donors (Lipinski definition) is 2. The van der Waals surface area contributed by atoms with Gasteiger partial charge in [0.1, 0.15) is 0 Å². The number of benzene rings is 1. The van der Waals surface area contributed by atoms with Crippen LogP contribution in [0.1, 0.15) is 50.2 Å². The summed E-state index contributed by atoms with van der Waals surface area (Å²) < 4.78 is 0. The highest BCUT2D eigenvalue weighted by molar-refractivity contribution is 5.25. The van der Waals surface area contributed by atoms with Crippen molar-refractivity contribution in [1.82, 2.24) is 5.32 Å². The summed E-state index contributed by atoms with van der Waals surface area (Å²) in [6.45, 7) is 6.84.